The maximum atomic E-state index is 12.7. The first-order valence-electron chi connectivity index (χ1n) is 8.01. The third-order valence-electron chi connectivity index (χ3n) is 4.38. The van der Waals surface area contributed by atoms with Gasteiger partial charge in [0.2, 0.25) is 11.8 Å². The molecule has 2 amide bonds. The van der Waals surface area contributed by atoms with Gasteiger partial charge in [-0.3, -0.25) is 9.59 Å². The Morgan fingerprint density at radius 1 is 1.36 bits per heavy atom. The molecule has 0 saturated heterocycles. The van der Waals surface area contributed by atoms with Crippen molar-refractivity contribution in [2.24, 2.45) is 5.92 Å². The molecule has 0 bridgehead atoms. The number of fused-ring (bicyclic) bond motifs is 1. The molecular formula is C18H22N2O2. The molecule has 1 N–H and O–H groups in total. The summed E-state index contributed by atoms with van der Waals surface area (Å²) < 4.78 is 0. The van der Waals surface area contributed by atoms with Crippen LogP contribution in [-0.2, 0) is 16.0 Å². The maximum Gasteiger partial charge on any atom is 0.227 e. The molecule has 1 atom stereocenters. The molecule has 0 saturated carbocycles. The molecule has 1 aromatic carbocycles. The minimum absolute atomic E-state index is 0.106. The van der Waals surface area contributed by atoms with Crippen LogP contribution in [0.5, 0.6) is 0 Å². The Balaban J connectivity index is 1.87. The number of hydrogen-bond donors (Lipinski definition) is 1. The van der Waals surface area contributed by atoms with Gasteiger partial charge in [-0.05, 0) is 43.2 Å². The quantitative estimate of drug-likeness (QED) is 0.871. The van der Waals surface area contributed by atoms with Crippen LogP contribution in [-0.4, -0.2) is 18.4 Å². The molecule has 0 aromatic heterocycles. The van der Waals surface area contributed by atoms with E-state index in [2.05, 4.69) is 23.5 Å². The minimum atomic E-state index is -0.106. The monoisotopic (exact) mass is 298 g/mol. The smallest absolute Gasteiger partial charge is 0.227 e. The zero-order valence-corrected chi connectivity index (χ0v) is 13.0. The lowest BCUT2D eigenvalue weighted by Crippen LogP contribution is -2.37. The molecule has 4 heteroatoms. The van der Waals surface area contributed by atoms with E-state index in [1.54, 1.807) is 0 Å². The van der Waals surface area contributed by atoms with Crippen molar-refractivity contribution in [1.82, 2.24) is 0 Å². The molecule has 0 spiro atoms. The van der Waals surface area contributed by atoms with Crippen molar-refractivity contribution >= 4 is 23.2 Å². The fourth-order valence-electron chi connectivity index (χ4n) is 3.39. The number of benzene rings is 1. The van der Waals surface area contributed by atoms with Crippen LogP contribution in [0, 0.1) is 5.92 Å². The summed E-state index contributed by atoms with van der Waals surface area (Å²) >= 11 is 0. The van der Waals surface area contributed by atoms with Crippen LogP contribution >= 0.6 is 0 Å². The van der Waals surface area contributed by atoms with Crippen molar-refractivity contribution in [1.29, 1.82) is 0 Å². The van der Waals surface area contributed by atoms with E-state index >= 15 is 0 Å². The number of nitrogens with one attached hydrogen (secondary N) is 1. The number of rotatable bonds is 3. The SMILES string of the molecule is CC(=O)Nc1cccc2c1N(C(=O)C[C@H]1C=CCC1)CCC2. The van der Waals surface area contributed by atoms with Gasteiger partial charge in [0.15, 0.2) is 0 Å². The Bertz CT molecular complexity index is 622. The molecule has 4 nitrogen and oxygen atoms in total. The molecule has 1 heterocycles. The number of aryl methyl sites for hydroxylation is 1. The van der Waals surface area contributed by atoms with Gasteiger partial charge in [0.05, 0.1) is 11.4 Å². The first kappa shape index (κ1) is 14.8. The topological polar surface area (TPSA) is 49.4 Å². The summed E-state index contributed by atoms with van der Waals surface area (Å²) in [5.41, 5.74) is 2.80. The van der Waals surface area contributed by atoms with Crippen LogP contribution in [0.25, 0.3) is 0 Å². The first-order chi connectivity index (χ1) is 10.6. The van der Waals surface area contributed by atoms with E-state index in [9.17, 15) is 9.59 Å². The Morgan fingerprint density at radius 2 is 2.23 bits per heavy atom. The fraction of sp³-hybridized carbons (Fsp3) is 0.444. The van der Waals surface area contributed by atoms with E-state index < -0.39 is 0 Å². The van der Waals surface area contributed by atoms with Gasteiger partial charge in [0.1, 0.15) is 0 Å². The van der Waals surface area contributed by atoms with E-state index in [0.717, 1.165) is 49.2 Å². The maximum absolute atomic E-state index is 12.7. The second kappa shape index (κ2) is 6.34. The molecule has 3 rings (SSSR count). The Hall–Kier alpha value is -2.10. The number of anilines is 2. The molecule has 0 fully saturated rings. The molecule has 2 aliphatic rings. The van der Waals surface area contributed by atoms with E-state index in [0.29, 0.717) is 12.3 Å². The van der Waals surface area contributed by atoms with Crippen LogP contribution in [0.15, 0.2) is 30.4 Å². The normalized spacial score (nSPS) is 19.9. The van der Waals surface area contributed by atoms with Crippen molar-refractivity contribution in [2.45, 2.75) is 39.0 Å². The average molecular weight is 298 g/mol. The Kier molecular flexibility index (Phi) is 4.27. The summed E-state index contributed by atoms with van der Waals surface area (Å²) in [6.45, 7) is 2.23. The number of carbonyl (C=O) groups is 2. The summed E-state index contributed by atoms with van der Waals surface area (Å²) in [5, 5.41) is 2.86. The van der Waals surface area contributed by atoms with E-state index in [1.807, 2.05) is 17.0 Å². The zero-order valence-electron chi connectivity index (χ0n) is 13.0. The molecule has 1 aliphatic carbocycles. The highest BCUT2D eigenvalue weighted by atomic mass is 16.2. The highest BCUT2D eigenvalue weighted by Gasteiger charge is 2.27. The third kappa shape index (κ3) is 3.06. The number of amides is 2. The lowest BCUT2D eigenvalue weighted by molar-refractivity contribution is -0.119. The van der Waals surface area contributed by atoms with Crippen LogP contribution < -0.4 is 10.2 Å². The third-order valence-corrected chi connectivity index (χ3v) is 4.38. The van der Waals surface area contributed by atoms with Gasteiger partial charge in [-0.25, -0.2) is 0 Å². The average Bonchev–Trinajstić information content (AvgIpc) is 2.99. The van der Waals surface area contributed by atoms with Crippen LogP contribution in [0.3, 0.4) is 0 Å². The minimum Gasteiger partial charge on any atom is -0.325 e. The van der Waals surface area contributed by atoms with E-state index in [1.165, 1.54) is 6.92 Å². The van der Waals surface area contributed by atoms with E-state index in [4.69, 9.17) is 0 Å². The molecule has 0 radical (unpaired) electrons. The molecule has 116 valence electrons. The second-order valence-electron chi connectivity index (χ2n) is 6.11. The summed E-state index contributed by atoms with van der Waals surface area (Å²) in [6, 6.07) is 5.87. The van der Waals surface area contributed by atoms with Gasteiger partial charge < -0.3 is 10.2 Å². The van der Waals surface area contributed by atoms with Crippen molar-refractivity contribution in [3.05, 3.63) is 35.9 Å². The van der Waals surface area contributed by atoms with Gasteiger partial charge in [-0.15, -0.1) is 0 Å². The fourth-order valence-corrected chi connectivity index (χ4v) is 3.39. The lowest BCUT2D eigenvalue weighted by atomic mass is 9.98. The highest BCUT2D eigenvalue weighted by molar-refractivity contribution is 6.02. The van der Waals surface area contributed by atoms with Gasteiger partial charge >= 0.3 is 0 Å². The predicted molar refractivity (Wildman–Crippen MR) is 87.9 cm³/mol. The van der Waals surface area contributed by atoms with Gasteiger partial charge in [-0.2, -0.15) is 0 Å². The second-order valence-corrected chi connectivity index (χ2v) is 6.11. The first-order valence-corrected chi connectivity index (χ1v) is 8.01. The van der Waals surface area contributed by atoms with Crippen LogP contribution in [0.1, 0.15) is 38.2 Å². The van der Waals surface area contributed by atoms with E-state index in [-0.39, 0.29) is 11.8 Å². The summed E-state index contributed by atoms with van der Waals surface area (Å²) in [6.07, 6.45) is 8.95. The van der Waals surface area contributed by atoms with Gasteiger partial charge in [-0.1, -0.05) is 24.3 Å². The van der Waals surface area contributed by atoms with Crippen molar-refractivity contribution in [3.8, 4) is 0 Å². The molecule has 1 aliphatic heterocycles. The Morgan fingerprint density at radius 3 is 2.95 bits per heavy atom. The number of para-hydroxylation sites is 1. The summed E-state index contributed by atoms with van der Waals surface area (Å²) in [5.74, 6) is 0.422. The van der Waals surface area contributed by atoms with Gasteiger partial charge in [0.25, 0.3) is 0 Å². The molecule has 22 heavy (non-hydrogen) atoms. The van der Waals surface area contributed by atoms with Crippen LogP contribution in [0.2, 0.25) is 0 Å². The molecular weight excluding hydrogens is 276 g/mol. The van der Waals surface area contributed by atoms with Crippen molar-refractivity contribution < 1.29 is 9.59 Å². The number of hydrogen-bond acceptors (Lipinski definition) is 2. The summed E-state index contributed by atoms with van der Waals surface area (Å²) in [7, 11) is 0. The largest absolute Gasteiger partial charge is 0.325 e. The zero-order chi connectivity index (χ0) is 15.5. The number of allylic oxidation sites excluding steroid dienone is 2. The predicted octanol–water partition coefficient (Wildman–Crippen LogP) is 3.28. The van der Waals surface area contributed by atoms with Gasteiger partial charge in [0, 0.05) is 19.9 Å². The number of nitrogens with zero attached hydrogens (tertiary/aromatic N) is 1. The highest BCUT2D eigenvalue weighted by Crippen LogP contribution is 2.36. The van der Waals surface area contributed by atoms with Crippen LogP contribution in [0.4, 0.5) is 11.4 Å². The Labute approximate surface area is 131 Å². The van der Waals surface area contributed by atoms with Crippen molar-refractivity contribution in [3.63, 3.8) is 0 Å². The molecule has 1 aromatic rings. The standard InChI is InChI=1S/C18H22N2O2/c1-13(21)19-16-10-4-8-15-9-5-11-20(18(15)16)17(22)12-14-6-2-3-7-14/h2,4,6,8,10,14H,3,5,7,9,11-12H2,1H3,(H,19,21)/t14-/m0/s1. The number of carbonyl (C=O) groups excluding carboxylic acids is 2. The molecule has 0 unspecified atom stereocenters. The lowest BCUT2D eigenvalue weighted by Gasteiger charge is -2.32. The summed E-state index contributed by atoms with van der Waals surface area (Å²) in [4.78, 5) is 26.0. The van der Waals surface area contributed by atoms with Crippen molar-refractivity contribution in [2.75, 3.05) is 16.8 Å².